The van der Waals surface area contributed by atoms with Crippen molar-refractivity contribution in [3.8, 4) is 0 Å². The van der Waals surface area contributed by atoms with Crippen LogP contribution in [0.1, 0.15) is 53.3 Å². The Kier molecular flexibility index (Phi) is 4.84. The number of aromatic nitrogens is 2. The van der Waals surface area contributed by atoms with Crippen molar-refractivity contribution in [1.29, 1.82) is 0 Å². The van der Waals surface area contributed by atoms with Crippen LogP contribution in [0.15, 0.2) is 4.52 Å². The van der Waals surface area contributed by atoms with E-state index >= 15 is 0 Å². The Labute approximate surface area is 114 Å². The number of hydrogen-bond donors (Lipinski definition) is 1. The molecule has 1 rings (SSSR count). The molecule has 0 fully saturated rings. The molecule has 0 radical (unpaired) electrons. The summed E-state index contributed by atoms with van der Waals surface area (Å²) in [5, 5.41) is 13.9. The number of nitrogens with zero attached hydrogens (tertiary/aromatic N) is 2. The summed E-state index contributed by atoms with van der Waals surface area (Å²) in [6.07, 6.45) is -0.0579. The highest BCUT2D eigenvalue weighted by Gasteiger charge is 2.24. The van der Waals surface area contributed by atoms with E-state index in [1.807, 2.05) is 20.8 Å². The van der Waals surface area contributed by atoms with E-state index in [0.717, 1.165) is 5.75 Å². The van der Waals surface area contributed by atoms with E-state index in [9.17, 15) is 5.11 Å². The van der Waals surface area contributed by atoms with E-state index in [1.165, 1.54) is 0 Å². The van der Waals surface area contributed by atoms with Crippen LogP contribution in [0, 0.1) is 5.41 Å². The predicted octanol–water partition coefficient (Wildman–Crippen LogP) is 3.05. The van der Waals surface area contributed by atoms with Gasteiger partial charge in [-0.05, 0) is 5.41 Å². The second-order valence-corrected chi connectivity index (χ2v) is 8.39. The maximum atomic E-state index is 9.97. The fraction of sp³-hybridized carbons (Fsp3) is 0.846. The van der Waals surface area contributed by atoms with Gasteiger partial charge in [-0.1, -0.05) is 46.7 Å². The first kappa shape index (κ1) is 15.5. The van der Waals surface area contributed by atoms with E-state index < -0.39 is 6.10 Å². The first-order valence-electron chi connectivity index (χ1n) is 6.21. The van der Waals surface area contributed by atoms with Crippen molar-refractivity contribution in [2.45, 2.75) is 64.6 Å². The lowest BCUT2D eigenvalue weighted by atomic mass is 9.87. The Hall–Kier alpha value is -0.550. The van der Waals surface area contributed by atoms with Gasteiger partial charge in [0.15, 0.2) is 5.82 Å². The molecule has 1 N–H and O–H groups in total. The minimum Gasteiger partial charge on any atom is -0.392 e. The van der Waals surface area contributed by atoms with Gasteiger partial charge in [-0.3, -0.25) is 0 Å². The summed E-state index contributed by atoms with van der Waals surface area (Å²) in [6.45, 7) is 12.4. The third-order valence-electron chi connectivity index (χ3n) is 2.51. The van der Waals surface area contributed by atoms with Gasteiger partial charge in [-0.15, -0.1) is 11.8 Å². The van der Waals surface area contributed by atoms with E-state index in [0.29, 0.717) is 18.1 Å². The Morgan fingerprint density at radius 3 is 2.33 bits per heavy atom. The second kappa shape index (κ2) is 5.61. The van der Waals surface area contributed by atoms with E-state index in [2.05, 4.69) is 30.9 Å². The van der Waals surface area contributed by atoms with Crippen LogP contribution in [0.5, 0.6) is 0 Å². The van der Waals surface area contributed by atoms with E-state index in [1.54, 1.807) is 11.8 Å². The molecule has 1 aromatic rings. The topological polar surface area (TPSA) is 59.2 Å². The number of aliphatic hydroxyl groups is 1. The van der Waals surface area contributed by atoms with Crippen LogP contribution in [0.25, 0.3) is 0 Å². The van der Waals surface area contributed by atoms with Crippen molar-refractivity contribution >= 4 is 11.8 Å². The quantitative estimate of drug-likeness (QED) is 0.913. The molecule has 104 valence electrons. The number of thioether (sulfide) groups is 1. The molecular weight excluding hydrogens is 248 g/mol. The summed E-state index contributed by atoms with van der Waals surface area (Å²) < 4.78 is 5.35. The zero-order valence-electron chi connectivity index (χ0n) is 12.1. The molecule has 1 atom stereocenters. The van der Waals surface area contributed by atoms with Gasteiger partial charge >= 0.3 is 0 Å². The SMILES string of the molecule is CC(C)(C)SCc1noc(CC(O)C(C)(C)C)n1. The number of rotatable bonds is 4. The van der Waals surface area contributed by atoms with Gasteiger partial charge in [0.1, 0.15) is 0 Å². The van der Waals surface area contributed by atoms with Crippen molar-refractivity contribution in [2.75, 3.05) is 0 Å². The van der Waals surface area contributed by atoms with Crippen molar-refractivity contribution in [3.05, 3.63) is 11.7 Å². The molecule has 0 aliphatic rings. The van der Waals surface area contributed by atoms with Gasteiger partial charge in [0.25, 0.3) is 0 Å². The maximum absolute atomic E-state index is 9.97. The number of hydrogen-bond acceptors (Lipinski definition) is 5. The lowest BCUT2D eigenvalue weighted by molar-refractivity contribution is 0.0565. The zero-order valence-corrected chi connectivity index (χ0v) is 13.0. The molecule has 0 spiro atoms. The summed E-state index contributed by atoms with van der Waals surface area (Å²) in [7, 11) is 0. The van der Waals surface area contributed by atoms with Crippen LogP contribution in [-0.2, 0) is 12.2 Å². The fourth-order valence-corrected chi connectivity index (χ4v) is 1.86. The summed E-state index contributed by atoms with van der Waals surface area (Å²) >= 11 is 1.78. The molecule has 0 saturated heterocycles. The lowest BCUT2D eigenvalue weighted by Crippen LogP contribution is -2.28. The molecule has 1 aromatic heterocycles. The van der Waals surface area contributed by atoms with Crippen molar-refractivity contribution in [2.24, 2.45) is 5.41 Å². The molecule has 0 aliphatic carbocycles. The monoisotopic (exact) mass is 272 g/mol. The van der Waals surface area contributed by atoms with Crippen LogP contribution in [0.4, 0.5) is 0 Å². The molecular formula is C13H24N2O2S. The first-order chi connectivity index (χ1) is 8.08. The maximum Gasteiger partial charge on any atom is 0.229 e. The molecule has 0 aromatic carbocycles. The Morgan fingerprint density at radius 1 is 1.22 bits per heavy atom. The normalized spacial score (nSPS) is 14.8. The second-order valence-electron chi connectivity index (χ2n) is 6.59. The molecule has 1 heterocycles. The Morgan fingerprint density at radius 2 is 1.83 bits per heavy atom. The largest absolute Gasteiger partial charge is 0.392 e. The van der Waals surface area contributed by atoms with E-state index in [-0.39, 0.29) is 10.2 Å². The van der Waals surface area contributed by atoms with Crippen LogP contribution < -0.4 is 0 Å². The van der Waals surface area contributed by atoms with Gasteiger partial charge in [0.2, 0.25) is 5.89 Å². The Bertz CT molecular complexity index is 377. The highest BCUT2D eigenvalue weighted by molar-refractivity contribution is 7.99. The average molecular weight is 272 g/mol. The van der Waals surface area contributed by atoms with Gasteiger partial charge in [0.05, 0.1) is 18.3 Å². The predicted molar refractivity (Wildman–Crippen MR) is 74.5 cm³/mol. The van der Waals surface area contributed by atoms with E-state index in [4.69, 9.17) is 4.52 Å². The van der Waals surface area contributed by atoms with Crippen LogP contribution >= 0.6 is 11.8 Å². The fourth-order valence-electron chi connectivity index (χ4n) is 1.18. The van der Waals surface area contributed by atoms with Gasteiger partial charge in [-0.25, -0.2) is 0 Å². The van der Waals surface area contributed by atoms with Crippen LogP contribution in [0.2, 0.25) is 0 Å². The molecule has 5 heteroatoms. The van der Waals surface area contributed by atoms with Crippen LogP contribution in [-0.4, -0.2) is 26.1 Å². The zero-order chi connectivity index (χ0) is 14.0. The first-order valence-corrected chi connectivity index (χ1v) is 7.20. The molecule has 0 amide bonds. The minimum atomic E-state index is -0.471. The molecule has 18 heavy (non-hydrogen) atoms. The van der Waals surface area contributed by atoms with Crippen molar-refractivity contribution < 1.29 is 9.63 Å². The standard InChI is InChI=1S/C13H24N2O2S/c1-12(2,3)9(16)7-11-14-10(15-17-11)8-18-13(4,5)6/h9,16H,7-8H2,1-6H3. The third kappa shape index (κ3) is 5.40. The third-order valence-corrected chi connectivity index (χ3v) is 3.78. The summed E-state index contributed by atoms with van der Waals surface area (Å²) in [6, 6.07) is 0. The average Bonchev–Trinajstić information content (AvgIpc) is 2.60. The molecule has 0 aliphatic heterocycles. The van der Waals surface area contributed by atoms with Gasteiger partial charge in [-0.2, -0.15) is 4.98 Å². The Balaban J connectivity index is 2.54. The molecule has 0 saturated carbocycles. The van der Waals surface area contributed by atoms with Crippen molar-refractivity contribution in [1.82, 2.24) is 10.1 Å². The summed E-state index contributed by atoms with van der Waals surface area (Å²) in [5.74, 6) is 1.95. The highest BCUT2D eigenvalue weighted by Crippen LogP contribution is 2.26. The van der Waals surface area contributed by atoms with Crippen LogP contribution in [0.3, 0.4) is 0 Å². The summed E-state index contributed by atoms with van der Waals surface area (Å²) in [4.78, 5) is 4.31. The highest BCUT2D eigenvalue weighted by atomic mass is 32.2. The minimum absolute atomic E-state index is 0.172. The van der Waals surface area contributed by atoms with Crippen molar-refractivity contribution in [3.63, 3.8) is 0 Å². The molecule has 4 nitrogen and oxygen atoms in total. The molecule has 0 bridgehead atoms. The van der Waals surface area contributed by atoms with Gasteiger partial charge < -0.3 is 9.63 Å². The number of aliphatic hydroxyl groups excluding tert-OH is 1. The molecule has 1 unspecified atom stereocenters. The summed E-state index contributed by atoms with van der Waals surface area (Å²) in [5.41, 5.74) is -0.172. The van der Waals surface area contributed by atoms with Gasteiger partial charge in [0, 0.05) is 4.75 Å². The lowest BCUT2D eigenvalue weighted by Gasteiger charge is -2.24. The smallest absolute Gasteiger partial charge is 0.229 e.